The van der Waals surface area contributed by atoms with Crippen molar-refractivity contribution in [2.24, 2.45) is 5.73 Å². The topological polar surface area (TPSA) is 32.5 Å². The summed E-state index contributed by atoms with van der Waals surface area (Å²) >= 11 is 3.76. The maximum absolute atomic E-state index is 5.60. The summed E-state index contributed by atoms with van der Waals surface area (Å²) in [5.41, 5.74) is 9.68. The fraction of sp³-hybridized carbons (Fsp3) is 0.400. The Hall–Kier alpha value is -1.36. The molecule has 1 aliphatic rings. The van der Waals surface area contributed by atoms with Crippen LogP contribution in [-0.4, -0.2) is 37.6 Å². The number of aryl methyl sites for hydroxylation is 1. The van der Waals surface area contributed by atoms with E-state index < -0.39 is 0 Å². The third kappa shape index (κ3) is 4.59. The Labute approximate surface area is 153 Å². The van der Waals surface area contributed by atoms with E-state index in [1.165, 1.54) is 21.3 Å². The van der Waals surface area contributed by atoms with E-state index in [9.17, 15) is 0 Å². The summed E-state index contributed by atoms with van der Waals surface area (Å²) < 4.78 is 1.20. The Bertz CT molecular complexity index is 637. The maximum atomic E-state index is 5.60. The Morgan fingerprint density at radius 3 is 2.33 bits per heavy atom. The Balaban J connectivity index is 1.56. The van der Waals surface area contributed by atoms with Crippen LogP contribution >= 0.6 is 15.9 Å². The van der Waals surface area contributed by atoms with E-state index in [0.29, 0.717) is 0 Å². The standard InChI is InChI=1S/C20H26BrN3/c21-19-15-17(7-4-10-22)8-9-20(19)24-13-11-23(12-14-24)16-18-5-2-1-3-6-18/h1-3,5-6,8-9,15H,4,7,10-14,16,22H2. The Kier molecular flexibility index (Phi) is 6.30. The van der Waals surface area contributed by atoms with Gasteiger partial charge in [-0.3, -0.25) is 4.90 Å². The number of hydrogen-bond acceptors (Lipinski definition) is 3. The summed E-state index contributed by atoms with van der Waals surface area (Å²) in [4.78, 5) is 5.02. The van der Waals surface area contributed by atoms with Gasteiger partial charge in [-0.1, -0.05) is 36.4 Å². The van der Waals surface area contributed by atoms with Crippen LogP contribution in [0.4, 0.5) is 5.69 Å². The molecule has 0 radical (unpaired) electrons. The number of benzene rings is 2. The summed E-state index contributed by atoms with van der Waals surface area (Å²) in [7, 11) is 0. The molecule has 1 aliphatic heterocycles. The summed E-state index contributed by atoms with van der Waals surface area (Å²) in [6, 6.07) is 17.5. The van der Waals surface area contributed by atoms with Crippen molar-refractivity contribution < 1.29 is 0 Å². The van der Waals surface area contributed by atoms with E-state index in [2.05, 4.69) is 74.3 Å². The summed E-state index contributed by atoms with van der Waals surface area (Å²) in [5.74, 6) is 0. The molecule has 2 N–H and O–H groups in total. The third-order valence-electron chi connectivity index (χ3n) is 4.64. The van der Waals surface area contributed by atoms with Crippen molar-refractivity contribution in [3.8, 4) is 0 Å². The van der Waals surface area contributed by atoms with E-state index >= 15 is 0 Å². The van der Waals surface area contributed by atoms with Crippen LogP contribution in [0.5, 0.6) is 0 Å². The van der Waals surface area contributed by atoms with Crippen LogP contribution < -0.4 is 10.6 Å². The summed E-state index contributed by atoms with van der Waals surface area (Å²) in [6.45, 7) is 6.17. The molecule has 0 spiro atoms. The van der Waals surface area contributed by atoms with E-state index in [1.54, 1.807) is 0 Å². The normalized spacial score (nSPS) is 15.7. The van der Waals surface area contributed by atoms with Crippen molar-refractivity contribution in [2.75, 3.05) is 37.6 Å². The van der Waals surface area contributed by atoms with E-state index in [-0.39, 0.29) is 0 Å². The minimum Gasteiger partial charge on any atom is -0.368 e. The molecule has 0 aliphatic carbocycles. The van der Waals surface area contributed by atoms with Crippen molar-refractivity contribution in [2.45, 2.75) is 19.4 Å². The Morgan fingerprint density at radius 1 is 0.917 bits per heavy atom. The molecule has 0 bridgehead atoms. The zero-order chi connectivity index (χ0) is 16.8. The molecule has 24 heavy (non-hydrogen) atoms. The lowest BCUT2D eigenvalue weighted by molar-refractivity contribution is 0.250. The second-order valence-corrected chi connectivity index (χ2v) is 7.28. The van der Waals surface area contributed by atoms with Crippen LogP contribution in [0.15, 0.2) is 53.0 Å². The van der Waals surface area contributed by atoms with Crippen molar-refractivity contribution >= 4 is 21.6 Å². The number of anilines is 1. The van der Waals surface area contributed by atoms with Crippen LogP contribution in [-0.2, 0) is 13.0 Å². The predicted octanol–water partition coefficient (Wildman–Crippen LogP) is 3.66. The van der Waals surface area contributed by atoms with E-state index in [4.69, 9.17) is 5.73 Å². The minimum atomic E-state index is 0.753. The van der Waals surface area contributed by atoms with E-state index in [1.807, 2.05) is 0 Å². The average molecular weight is 388 g/mol. The zero-order valence-electron chi connectivity index (χ0n) is 14.1. The predicted molar refractivity (Wildman–Crippen MR) is 105 cm³/mol. The van der Waals surface area contributed by atoms with E-state index in [0.717, 1.165) is 52.1 Å². The monoisotopic (exact) mass is 387 g/mol. The lowest BCUT2D eigenvalue weighted by atomic mass is 10.1. The Morgan fingerprint density at radius 2 is 1.67 bits per heavy atom. The van der Waals surface area contributed by atoms with Crippen LogP contribution in [0.1, 0.15) is 17.5 Å². The van der Waals surface area contributed by atoms with Gasteiger partial charge < -0.3 is 10.6 Å². The van der Waals surface area contributed by atoms with Crippen LogP contribution in [0, 0.1) is 0 Å². The van der Waals surface area contributed by atoms with Gasteiger partial charge >= 0.3 is 0 Å². The number of hydrogen-bond donors (Lipinski definition) is 1. The molecule has 128 valence electrons. The lowest BCUT2D eigenvalue weighted by Gasteiger charge is -2.36. The molecule has 0 unspecified atom stereocenters. The molecule has 0 amide bonds. The highest BCUT2D eigenvalue weighted by Gasteiger charge is 2.19. The molecule has 0 atom stereocenters. The van der Waals surface area contributed by atoms with Gasteiger partial charge in [0.05, 0.1) is 5.69 Å². The van der Waals surface area contributed by atoms with Gasteiger partial charge in [-0.25, -0.2) is 0 Å². The van der Waals surface area contributed by atoms with Crippen molar-refractivity contribution in [3.63, 3.8) is 0 Å². The number of nitrogens with zero attached hydrogens (tertiary/aromatic N) is 2. The molecule has 1 fully saturated rings. The van der Waals surface area contributed by atoms with Gasteiger partial charge in [-0.15, -0.1) is 0 Å². The van der Waals surface area contributed by atoms with Gasteiger partial charge in [0.1, 0.15) is 0 Å². The SMILES string of the molecule is NCCCc1ccc(N2CCN(Cc3ccccc3)CC2)c(Br)c1. The number of halogens is 1. The fourth-order valence-corrected chi connectivity index (χ4v) is 3.93. The molecule has 1 heterocycles. The minimum absolute atomic E-state index is 0.753. The van der Waals surface area contributed by atoms with Crippen molar-refractivity contribution in [1.29, 1.82) is 0 Å². The highest BCUT2D eigenvalue weighted by molar-refractivity contribution is 9.10. The fourth-order valence-electron chi connectivity index (χ4n) is 3.26. The summed E-state index contributed by atoms with van der Waals surface area (Å²) in [5, 5.41) is 0. The first-order chi connectivity index (χ1) is 11.8. The van der Waals surface area contributed by atoms with Crippen LogP contribution in [0.2, 0.25) is 0 Å². The molecule has 1 saturated heterocycles. The number of nitrogens with two attached hydrogens (primary N) is 1. The first kappa shape index (κ1) is 17.5. The number of rotatable bonds is 6. The molecular weight excluding hydrogens is 362 g/mol. The number of piperazine rings is 1. The van der Waals surface area contributed by atoms with Gasteiger partial charge in [-0.2, -0.15) is 0 Å². The molecule has 3 nitrogen and oxygen atoms in total. The van der Waals surface area contributed by atoms with Gasteiger partial charge in [0.15, 0.2) is 0 Å². The second kappa shape index (κ2) is 8.65. The molecule has 2 aromatic carbocycles. The molecule has 4 heteroatoms. The first-order valence-electron chi connectivity index (χ1n) is 8.76. The van der Waals surface area contributed by atoms with Crippen LogP contribution in [0.25, 0.3) is 0 Å². The smallest absolute Gasteiger partial charge is 0.0511 e. The van der Waals surface area contributed by atoms with Gasteiger partial charge in [-0.05, 0) is 58.6 Å². The summed E-state index contributed by atoms with van der Waals surface area (Å²) in [6.07, 6.45) is 2.10. The average Bonchev–Trinajstić information content (AvgIpc) is 2.62. The van der Waals surface area contributed by atoms with Crippen LogP contribution in [0.3, 0.4) is 0 Å². The lowest BCUT2D eigenvalue weighted by Crippen LogP contribution is -2.46. The largest absolute Gasteiger partial charge is 0.368 e. The van der Waals surface area contributed by atoms with Gasteiger partial charge in [0.2, 0.25) is 0 Å². The zero-order valence-corrected chi connectivity index (χ0v) is 15.7. The molecular formula is C20H26BrN3. The first-order valence-corrected chi connectivity index (χ1v) is 9.55. The third-order valence-corrected chi connectivity index (χ3v) is 5.28. The van der Waals surface area contributed by atoms with Gasteiger partial charge in [0.25, 0.3) is 0 Å². The van der Waals surface area contributed by atoms with Crippen molar-refractivity contribution in [1.82, 2.24) is 4.90 Å². The highest BCUT2D eigenvalue weighted by atomic mass is 79.9. The maximum Gasteiger partial charge on any atom is 0.0511 e. The highest BCUT2D eigenvalue weighted by Crippen LogP contribution is 2.28. The quantitative estimate of drug-likeness (QED) is 0.820. The van der Waals surface area contributed by atoms with Gasteiger partial charge in [0, 0.05) is 37.2 Å². The molecule has 0 saturated carbocycles. The molecule has 3 rings (SSSR count). The molecule has 2 aromatic rings. The second-order valence-electron chi connectivity index (χ2n) is 6.43. The molecule has 0 aromatic heterocycles. The van der Waals surface area contributed by atoms with Crippen molar-refractivity contribution in [3.05, 3.63) is 64.1 Å².